The number of fused-ring (bicyclic) bond motifs is 1. The number of carbonyl (C=O) groups excluding carboxylic acids is 3. The van der Waals surface area contributed by atoms with Gasteiger partial charge in [-0.05, 0) is 0 Å². The number of nitrogen functional groups attached to an aromatic ring is 1. The van der Waals surface area contributed by atoms with E-state index in [1.54, 1.807) is 0 Å². The minimum absolute atomic E-state index is 0.0297. The van der Waals surface area contributed by atoms with E-state index >= 15 is 0 Å². The molecule has 0 aliphatic carbocycles. The number of aliphatic hydroxyl groups is 2. The third kappa shape index (κ3) is 12.6. The lowest BCUT2D eigenvalue weighted by molar-refractivity contribution is -0.137. The number of ether oxygens (including phenoxy) is 1. The summed E-state index contributed by atoms with van der Waals surface area (Å²) in [4.78, 5) is 85.8. The molecule has 1 saturated heterocycles. The second-order valence-corrected chi connectivity index (χ2v) is 15.8. The van der Waals surface area contributed by atoms with Crippen molar-refractivity contribution in [3.8, 4) is 0 Å². The van der Waals surface area contributed by atoms with Crippen LogP contribution in [0, 0.1) is 5.41 Å². The Balaban J connectivity index is 1.55. The van der Waals surface area contributed by atoms with Crippen molar-refractivity contribution in [2.45, 2.75) is 57.8 Å². The first-order valence-electron chi connectivity index (χ1n) is 14.7. The third-order valence-electron chi connectivity index (χ3n) is 6.90. The molecule has 0 bridgehead atoms. The topological polar surface area (TPSA) is 376 Å². The lowest BCUT2D eigenvalue weighted by atomic mass is 9.87. The molecule has 11 N–H and O–H groups in total. The van der Waals surface area contributed by atoms with Gasteiger partial charge in [0.2, 0.25) is 17.7 Å². The Morgan fingerprint density at radius 2 is 1.67 bits per heavy atom. The number of anilines is 1. The van der Waals surface area contributed by atoms with Crippen LogP contribution in [0.2, 0.25) is 0 Å². The smallest absolute Gasteiger partial charge is 0.386 e. The first-order valence-corrected chi connectivity index (χ1v) is 19.2. The summed E-state index contributed by atoms with van der Waals surface area (Å²) in [5.41, 5.74) is 4.25. The van der Waals surface area contributed by atoms with Crippen molar-refractivity contribution in [3.05, 3.63) is 12.7 Å². The number of aromatic nitrogens is 4. The molecule has 51 heavy (non-hydrogen) atoms. The van der Waals surface area contributed by atoms with E-state index in [0.717, 1.165) is 17.2 Å². The largest absolute Gasteiger partial charge is 0.481 e. The fraction of sp³-hybridized carbons (Fsp3) is 0.652. The van der Waals surface area contributed by atoms with Gasteiger partial charge in [-0.25, -0.2) is 28.6 Å². The normalized spacial score (nSPS) is 22.5. The highest BCUT2D eigenvalue weighted by atomic mass is 31.3. The molecule has 3 heterocycles. The monoisotopic (exact) mass is 792 g/mol. The van der Waals surface area contributed by atoms with Gasteiger partial charge in [-0.2, -0.15) is 4.31 Å². The number of phosphoric acid groups is 3. The van der Waals surface area contributed by atoms with Gasteiger partial charge < -0.3 is 56.2 Å². The molecule has 3 amide bonds. The summed E-state index contributed by atoms with van der Waals surface area (Å²) in [6.07, 6.45) is -6.91. The average molecular weight is 793 g/mol. The summed E-state index contributed by atoms with van der Waals surface area (Å²) in [5, 5.41) is 28.6. The maximum absolute atomic E-state index is 12.6. The van der Waals surface area contributed by atoms with Gasteiger partial charge in [0.15, 0.2) is 17.7 Å². The van der Waals surface area contributed by atoms with E-state index < -0.39 is 84.6 Å². The lowest BCUT2D eigenvalue weighted by Gasteiger charge is -2.30. The minimum atomic E-state index is -5.56. The van der Waals surface area contributed by atoms with Crippen molar-refractivity contribution in [1.82, 2.24) is 35.5 Å². The van der Waals surface area contributed by atoms with E-state index in [9.17, 15) is 57.9 Å². The number of hydrogen-bond donors (Lipinski definition) is 10. The fourth-order valence-corrected chi connectivity index (χ4v) is 7.21. The molecule has 1 aliphatic rings. The van der Waals surface area contributed by atoms with E-state index in [1.807, 2.05) is 0 Å². The summed E-state index contributed by atoms with van der Waals surface area (Å²) >= 11 is 0. The molecule has 288 valence electrons. The SMILES string of the molecule is CC(=O)NCCNC(=O)CCNC(=O)[C@H](O)C(C)(C)COP(=O)(O)OP(=O)(O)OC[C@H]1O[C@@H](n2cnc3c(N)ncnc32)[C@H](O)[C@@H]1OP(=O)(O)O. The van der Waals surface area contributed by atoms with Crippen molar-refractivity contribution in [3.63, 3.8) is 0 Å². The van der Waals surface area contributed by atoms with Crippen molar-refractivity contribution >= 4 is 58.2 Å². The molecule has 1 aliphatic heterocycles. The molecule has 2 unspecified atom stereocenters. The number of rotatable bonds is 19. The van der Waals surface area contributed by atoms with Gasteiger partial charge in [0, 0.05) is 38.4 Å². The van der Waals surface area contributed by atoms with Gasteiger partial charge >= 0.3 is 23.5 Å². The second kappa shape index (κ2) is 17.2. The zero-order chi connectivity index (χ0) is 38.4. The van der Waals surface area contributed by atoms with E-state index in [1.165, 1.54) is 20.8 Å². The predicted molar refractivity (Wildman–Crippen MR) is 168 cm³/mol. The lowest BCUT2D eigenvalue weighted by Crippen LogP contribution is -2.46. The molecule has 2 aromatic heterocycles. The van der Waals surface area contributed by atoms with Crippen LogP contribution >= 0.6 is 23.5 Å². The number of phosphoric ester groups is 3. The predicted octanol–water partition coefficient (Wildman–Crippen LogP) is -2.46. The van der Waals surface area contributed by atoms with Crippen molar-refractivity contribution in [2.24, 2.45) is 5.41 Å². The third-order valence-corrected chi connectivity index (χ3v) is 10.00. The summed E-state index contributed by atoms with van der Waals surface area (Å²) in [7, 11) is -16.4. The van der Waals surface area contributed by atoms with Gasteiger partial charge in [0.05, 0.1) is 19.5 Å². The maximum atomic E-state index is 12.6. The summed E-state index contributed by atoms with van der Waals surface area (Å²) < 4.78 is 61.8. The second-order valence-electron chi connectivity index (χ2n) is 11.6. The van der Waals surface area contributed by atoms with E-state index in [0.29, 0.717) is 0 Å². The number of carbonyl (C=O) groups is 3. The minimum Gasteiger partial charge on any atom is -0.386 e. The van der Waals surface area contributed by atoms with Crippen LogP contribution in [0.25, 0.3) is 11.2 Å². The summed E-state index contributed by atoms with van der Waals surface area (Å²) in [6, 6.07) is 0. The molecule has 0 radical (unpaired) electrons. The van der Waals surface area contributed by atoms with E-state index in [-0.39, 0.29) is 48.9 Å². The number of imidazole rings is 1. The van der Waals surface area contributed by atoms with Crippen LogP contribution in [-0.2, 0) is 50.7 Å². The van der Waals surface area contributed by atoms with Gasteiger partial charge in [-0.3, -0.25) is 32.5 Å². The van der Waals surface area contributed by atoms with Gasteiger partial charge in [0.25, 0.3) is 0 Å². The molecule has 28 heteroatoms. The Kier molecular flexibility index (Phi) is 14.3. The van der Waals surface area contributed by atoms with Gasteiger partial charge in [0.1, 0.15) is 36.3 Å². The number of nitrogens with two attached hydrogens (primary N) is 1. The Morgan fingerprint density at radius 1 is 1.02 bits per heavy atom. The van der Waals surface area contributed by atoms with Crippen molar-refractivity contribution in [1.29, 1.82) is 0 Å². The molecule has 1 fully saturated rings. The maximum Gasteiger partial charge on any atom is 0.481 e. The van der Waals surface area contributed by atoms with Gasteiger partial charge in [-0.1, -0.05) is 13.8 Å². The number of amides is 3. The first kappa shape index (κ1) is 42.4. The number of nitrogens with one attached hydrogen (secondary N) is 3. The Labute approximate surface area is 288 Å². The summed E-state index contributed by atoms with van der Waals surface area (Å²) in [6.45, 7) is 1.92. The quantitative estimate of drug-likeness (QED) is 0.0521. The van der Waals surface area contributed by atoms with E-state index in [2.05, 4.69) is 39.7 Å². The van der Waals surface area contributed by atoms with Crippen LogP contribution in [-0.4, -0.2) is 124 Å². The first-order chi connectivity index (χ1) is 23.5. The Hall–Kier alpha value is -2.99. The number of nitrogens with zero attached hydrogens (tertiary/aromatic N) is 4. The van der Waals surface area contributed by atoms with Crippen LogP contribution in [0.3, 0.4) is 0 Å². The molecule has 3 rings (SSSR count). The van der Waals surface area contributed by atoms with Crippen LogP contribution in [0.1, 0.15) is 33.4 Å². The highest BCUT2D eigenvalue weighted by Crippen LogP contribution is 2.61. The molecule has 0 aromatic carbocycles. The fourth-order valence-electron chi connectivity index (χ4n) is 4.38. The summed E-state index contributed by atoms with van der Waals surface area (Å²) in [5.74, 6) is -1.76. The standard InChI is InChI=1S/C23H39N8O17P3/c1-12(32)25-6-7-26-14(33)4-5-27-21(36)18(35)23(2,3)9-45-51(42,43)48-50(40,41)44-8-13-17(47-49(37,38)39)16(34)22(46-13)31-11-30-15-19(24)28-10-29-20(15)31/h10-11,13,16-18,22,34-35H,4-9H2,1-3H3,(H,25,32)(H,26,33)(H,27,36)(H,40,41)(H,42,43)(H2,24,28,29)(H2,37,38,39)/t13-,16-,17-,18+,22-/m1/s1. The Morgan fingerprint density at radius 3 is 2.31 bits per heavy atom. The molecule has 25 nitrogen and oxygen atoms in total. The molecular weight excluding hydrogens is 753 g/mol. The molecule has 7 atom stereocenters. The van der Waals surface area contributed by atoms with Crippen molar-refractivity contribution in [2.75, 3.05) is 38.6 Å². The molecular formula is C23H39N8O17P3. The molecule has 0 saturated carbocycles. The molecule has 0 spiro atoms. The number of hydrogen-bond acceptors (Lipinski definition) is 17. The van der Waals surface area contributed by atoms with E-state index in [4.69, 9.17) is 19.5 Å². The van der Waals surface area contributed by atoms with Crippen molar-refractivity contribution < 1.29 is 80.5 Å². The van der Waals surface area contributed by atoms with Crippen LogP contribution < -0.4 is 21.7 Å². The highest BCUT2D eigenvalue weighted by Gasteiger charge is 2.50. The highest BCUT2D eigenvalue weighted by molar-refractivity contribution is 7.61. The van der Waals surface area contributed by atoms with Crippen LogP contribution in [0.15, 0.2) is 12.7 Å². The zero-order valence-electron chi connectivity index (χ0n) is 27.2. The molecule has 2 aromatic rings. The zero-order valence-corrected chi connectivity index (χ0v) is 29.8. The Bertz CT molecular complexity index is 1710. The van der Waals surface area contributed by atoms with Crippen LogP contribution in [0.4, 0.5) is 5.82 Å². The van der Waals surface area contributed by atoms with Crippen LogP contribution in [0.5, 0.6) is 0 Å². The number of aliphatic hydroxyl groups excluding tert-OH is 2. The average Bonchev–Trinajstić information content (AvgIpc) is 3.57. The van der Waals surface area contributed by atoms with Gasteiger partial charge in [-0.15, -0.1) is 0 Å².